The second kappa shape index (κ2) is 4.35. The molecule has 0 bridgehead atoms. The van der Waals surface area contributed by atoms with Gasteiger partial charge < -0.3 is 5.32 Å². The van der Waals surface area contributed by atoms with E-state index in [0.717, 1.165) is 17.3 Å². The van der Waals surface area contributed by atoms with Crippen LogP contribution in [0.15, 0.2) is 0 Å². The van der Waals surface area contributed by atoms with Gasteiger partial charge in [0, 0.05) is 11.4 Å². The van der Waals surface area contributed by atoms with E-state index >= 15 is 0 Å². The number of alkyl halides is 1. The second-order valence-corrected chi connectivity index (χ2v) is 3.95. The summed E-state index contributed by atoms with van der Waals surface area (Å²) in [5.74, 6) is 0.881. The summed E-state index contributed by atoms with van der Waals surface area (Å²) in [6.45, 7) is 3.57. The molecule has 2 atom stereocenters. The standard InChI is InChI=1S/C8H16BrN/c1-7-3-2-6-10-8(7)4-5-9/h7-8,10H,2-6H2,1H3/t7-,8+/m0/s1. The van der Waals surface area contributed by atoms with E-state index in [1.165, 1.54) is 25.8 Å². The number of hydrogen-bond donors (Lipinski definition) is 1. The zero-order valence-corrected chi connectivity index (χ0v) is 8.15. The maximum absolute atomic E-state index is 3.54. The molecule has 60 valence electrons. The molecule has 0 aromatic rings. The number of piperidine rings is 1. The topological polar surface area (TPSA) is 12.0 Å². The molecule has 0 saturated carbocycles. The first kappa shape index (κ1) is 8.54. The van der Waals surface area contributed by atoms with Crippen LogP contribution in [-0.2, 0) is 0 Å². The lowest BCUT2D eigenvalue weighted by Gasteiger charge is -2.29. The Morgan fingerprint density at radius 3 is 3.00 bits per heavy atom. The molecule has 0 radical (unpaired) electrons. The van der Waals surface area contributed by atoms with E-state index in [1.54, 1.807) is 0 Å². The van der Waals surface area contributed by atoms with Gasteiger partial charge >= 0.3 is 0 Å². The minimum Gasteiger partial charge on any atom is -0.314 e. The largest absolute Gasteiger partial charge is 0.314 e. The van der Waals surface area contributed by atoms with Crippen LogP contribution in [0.2, 0.25) is 0 Å². The van der Waals surface area contributed by atoms with E-state index in [1.807, 2.05) is 0 Å². The fraction of sp³-hybridized carbons (Fsp3) is 1.00. The third-order valence-corrected chi connectivity index (χ3v) is 2.81. The van der Waals surface area contributed by atoms with Gasteiger partial charge in [0.2, 0.25) is 0 Å². The Balaban J connectivity index is 2.25. The minimum absolute atomic E-state index is 0.771. The summed E-state index contributed by atoms with van der Waals surface area (Å²) in [6.07, 6.45) is 4.05. The monoisotopic (exact) mass is 205 g/mol. The van der Waals surface area contributed by atoms with Gasteiger partial charge in [-0.25, -0.2) is 0 Å². The first-order valence-corrected chi connectivity index (χ1v) is 5.26. The average Bonchev–Trinajstić information content (AvgIpc) is 1.94. The van der Waals surface area contributed by atoms with E-state index in [9.17, 15) is 0 Å². The summed E-state index contributed by atoms with van der Waals surface area (Å²) in [5, 5.41) is 4.67. The lowest BCUT2D eigenvalue weighted by Crippen LogP contribution is -2.40. The van der Waals surface area contributed by atoms with Crippen LogP contribution in [0.5, 0.6) is 0 Å². The first-order chi connectivity index (χ1) is 4.84. The molecular weight excluding hydrogens is 190 g/mol. The Hall–Kier alpha value is 0.440. The molecule has 1 nitrogen and oxygen atoms in total. The van der Waals surface area contributed by atoms with E-state index < -0.39 is 0 Å². The van der Waals surface area contributed by atoms with Crippen molar-refractivity contribution in [1.29, 1.82) is 0 Å². The third kappa shape index (κ3) is 2.24. The fourth-order valence-corrected chi connectivity index (χ4v) is 2.11. The van der Waals surface area contributed by atoms with Gasteiger partial charge in [-0.2, -0.15) is 0 Å². The van der Waals surface area contributed by atoms with Gasteiger partial charge in [-0.1, -0.05) is 22.9 Å². The van der Waals surface area contributed by atoms with Crippen LogP contribution in [0.25, 0.3) is 0 Å². The SMILES string of the molecule is C[C@H]1CCCN[C@@H]1CCBr. The van der Waals surface area contributed by atoms with Crippen molar-refractivity contribution in [2.24, 2.45) is 5.92 Å². The summed E-state index contributed by atoms with van der Waals surface area (Å²) >= 11 is 3.47. The predicted octanol–water partition coefficient (Wildman–Crippen LogP) is 2.16. The molecule has 0 aromatic heterocycles. The van der Waals surface area contributed by atoms with Crippen molar-refractivity contribution in [1.82, 2.24) is 5.32 Å². The van der Waals surface area contributed by atoms with E-state index in [2.05, 4.69) is 28.2 Å². The van der Waals surface area contributed by atoms with Crippen LogP contribution in [-0.4, -0.2) is 17.9 Å². The van der Waals surface area contributed by atoms with Crippen molar-refractivity contribution >= 4 is 15.9 Å². The van der Waals surface area contributed by atoms with Crippen LogP contribution in [0.3, 0.4) is 0 Å². The minimum atomic E-state index is 0.771. The van der Waals surface area contributed by atoms with E-state index in [-0.39, 0.29) is 0 Å². The van der Waals surface area contributed by atoms with Gasteiger partial charge in [-0.15, -0.1) is 0 Å². The van der Waals surface area contributed by atoms with Crippen molar-refractivity contribution in [3.63, 3.8) is 0 Å². The number of halogens is 1. The zero-order chi connectivity index (χ0) is 7.40. The molecule has 2 heteroatoms. The van der Waals surface area contributed by atoms with Crippen molar-refractivity contribution < 1.29 is 0 Å². The normalized spacial score (nSPS) is 34.2. The fourth-order valence-electron chi connectivity index (χ4n) is 1.62. The van der Waals surface area contributed by atoms with Crippen LogP contribution < -0.4 is 5.32 Å². The molecule has 0 amide bonds. The second-order valence-electron chi connectivity index (χ2n) is 3.16. The molecule has 0 aromatic carbocycles. The average molecular weight is 206 g/mol. The van der Waals surface area contributed by atoms with Crippen molar-refractivity contribution in [3.8, 4) is 0 Å². The van der Waals surface area contributed by atoms with Crippen LogP contribution in [0.4, 0.5) is 0 Å². The summed E-state index contributed by atoms with van der Waals surface area (Å²) < 4.78 is 0. The molecular formula is C8H16BrN. The molecule has 0 aliphatic carbocycles. The molecule has 0 spiro atoms. The Labute approximate surface area is 71.7 Å². The number of rotatable bonds is 2. The lowest BCUT2D eigenvalue weighted by atomic mass is 9.91. The molecule has 1 aliphatic rings. The summed E-state index contributed by atoms with van der Waals surface area (Å²) in [6, 6.07) is 0.771. The highest BCUT2D eigenvalue weighted by molar-refractivity contribution is 9.09. The Morgan fingerprint density at radius 1 is 1.60 bits per heavy atom. The molecule has 1 fully saturated rings. The predicted molar refractivity (Wildman–Crippen MR) is 48.6 cm³/mol. The molecule has 1 N–H and O–H groups in total. The van der Waals surface area contributed by atoms with E-state index in [0.29, 0.717) is 0 Å². The maximum atomic E-state index is 3.54. The third-order valence-electron chi connectivity index (χ3n) is 2.35. The quantitative estimate of drug-likeness (QED) is 0.682. The maximum Gasteiger partial charge on any atom is 0.0101 e. The molecule has 1 rings (SSSR count). The Morgan fingerprint density at radius 2 is 2.40 bits per heavy atom. The van der Waals surface area contributed by atoms with Crippen LogP contribution in [0.1, 0.15) is 26.2 Å². The Kier molecular flexibility index (Phi) is 3.71. The molecule has 1 saturated heterocycles. The van der Waals surface area contributed by atoms with Crippen molar-refractivity contribution in [3.05, 3.63) is 0 Å². The number of hydrogen-bond acceptors (Lipinski definition) is 1. The summed E-state index contributed by atoms with van der Waals surface area (Å²) in [4.78, 5) is 0. The highest BCUT2D eigenvalue weighted by Gasteiger charge is 2.19. The lowest BCUT2D eigenvalue weighted by molar-refractivity contribution is 0.295. The first-order valence-electron chi connectivity index (χ1n) is 4.14. The van der Waals surface area contributed by atoms with Gasteiger partial charge in [0.25, 0.3) is 0 Å². The zero-order valence-electron chi connectivity index (χ0n) is 6.57. The van der Waals surface area contributed by atoms with Gasteiger partial charge in [0.1, 0.15) is 0 Å². The van der Waals surface area contributed by atoms with Gasteiger partial charge in [-0.05, 0) is 31.7 Å². The van der Waals surface area contributed by atoms with Gasteiger partial charge in [-0.3, -0.25) is 0 Å². The molecule has 1 aliphatic heterocycles. The molecule has 1 heterocycles. The smallest absolute Gasteiger partial charge is 0.0101 e. The van der Waals surface area contributed by atoms with Crippen molar-refractivity contribution in [2.45, 2.75) is 32.2 Å². The summed E-state index contributed by atoms with van der Waals surface area (Å²) in [7, 11) is 0. The van der Waals surface area contributed by atoms with Crippen LogP contribution in [0, 0.1) is 5.92 Å². The summed E-state index contributed by atoms with van der Waals surface area (Å²) in [5.41, 5.74) is 0. The van der Waals surface area contributed by atoms with Gasteiger partial charge in [0.05, 0.1) is 0 Å². The molecule has 0 unspecified atom stereocenters. The number of nitrogens with one attached hydrogen (secondary N) is 1. The van der Waals surface area contributed by atoms with Crippen molar-refractivity contribution in [2.75, 3.05) is 11.9 Å². The van der Waals surface area contributed by atoms with Crippen LogP contribution >= 0.6 is 15.9 Å². The Bertz CT molecular complexity index is 93.3. The molecule has 10 heavy (non-hydrogen) atoms. The van der Waals surface area contributed by atoms with Gasteiger partial charge in [0.15, 0.2) is 0 Å². The van der Waals surface area contributed by atoms with E-state index in [4.69, 9.17) is 0 Å². The highest BCUT2D eigenvalue weighted by atomic mass is 79.9. The highest BCUT2D eigenvalue weighted by Crippen LogP contribution is 2.18.